The largest absolute Gasteiger partial charge is 0.513 e. The van der Waals surface area contributed by atoms with Crippen molar-refractivity contribution in [2.24, 2.45) is 0 Å². The Morgan fingerprint density at radius 1 is 1.29 bits per heavy atom. The number of hydrogen-bond acceptors (Lipinski definition) is 1. The summed E-state index contributed by atoms with van der Waals surface area (Å²) >= 11 is 0. The van der Waals surface area contributed by atoms with Gasteiger partial charge in [0, 0.05) is 5.92 Å². The lowest BCUT2D eigenvalue weighted by Crippen LogP contribution is -1.98. The molecule has 1 atom stereocenters. The van der Waals surface area contributed by atoms with Crippen molar-refractivity contribution in [3.63, 3.8) is 0 Å². The summed E-state index contributed by atoms with van der Waals surface area (Å²) in [5, 5.41) is 9.42. The van der Waals surface area contributed by atoms with E-state index in [1.165, 1.54) is 0 Å². The fourth-order valence-electron chi connectivity index (χ4n) is 1.45. The molecule has 0 saturated carbocycles. The summed E-state index contributed by atoms with van der Waals surface area (Å²) in [4.78, 5) is 0. The highest BCUT2D eigenvalue weighted by Crippen LogP contribution is 2.26. The molecule has 1 aromatic rings. The predicted molar refractivity (Wildman–Crippen MR) is 60.4 cm³/mol. The maximum Gasteiger partial charge on any atom is 0.0890 e. The van der Waals surface area contributed by atoms with Crippen LogP contribution in [0.4, 0.5) is 0 Å². The Labute approximate surface area is 85.4 Å². The molecule has 0 aromatic heterocycles. The molecule has 1 unspecified atom stereocenters. The lowest BCUT2D eigenvalue weighted by molar-refractivity contribution is 0.404. The Morgan fingerprint density at radius 2 is 1.86 bits per heavy atom. The molecule has 0 heterocycles. The molecule has 0 bridgehead atoms. The molecule has 0 amide bonds. The highest BCUT2D eigenvalue weighted by Gasteiger charge is 2.10. The van der Waals surface area contributed by atoms with Crippen molar-refractivity contribution in [3.05, 3.63) is 59.9 Å². The second kappa shape index (κ2) is 4.66. The molecule has 0 radical (unpaired) electrons. The lowest BCUT2D eigenvalue weighted by Gasteiger charge is -2.14. The molecule has 0 spiro atoms. The van der Waals surface area contributed by atoms with E-state index >= 15 is 0 Å². The number of hydrogen-bond donors (Lipinski definition) is 1. The molecule has 1 N–H and O–H groups in total. The van der Waals surface area contributed by atoms with Crippen molar-refractivity contribution in [2.75, 3.05) is 0 Å². The third-order valence-corrected chi connectivity index (χ3v) is 2.43. The van der Waals surface area contributed by atoms with Gasteiger partial charge in [-0.1, -0.05) is 36.4 Å². The van der Waals surface area contributed by atoms with Gasteiger partial charge in [-0.05, 0) is 25.0 Å². The van der Waals surface area contributed by atoms with Crippen LogP contribution in [0.3, 0.4) is 0 Å². The minimum Gasteiger partial charge on any atom is -0.513 e. The van der Waals surface area contributed by atoms with Crippen LogP contribution in [-0.4, -0.2) is 5.11 Å². The van der Waals surface area contributed by atoms with E-state index in [4.69, 9.17) is 0 Å². The summed E-state index contributed by atoms with van der Waals surface area (Å²) in [5.74, 6) is 0.486. The van der Waals surface area contributed by atoms with Gasteiger partial charge in [0.1, 0.15) is 0 Å². The van der Waals surface area contributed by atoms with Crippen LogP contribution < -0.4 is 0 Å². The standard InChI is InChI=1S/C13H16O/c1-4-13(10(2)11(3)14)12-8-6-5-7-9-12/h4-9,13-14H,1H2,2-3H3/b11-10-. The minimum absolute atomic E-state index is 0.112. The molecular weight excluding hydrogens is 172 g/mol. The van der Waals surface area contributed by atoms with E-state index < -0.39 is 0 Å². The van der Waals surface area contributed by atoms with Gasteiger partial charge in [0.05, 0.1) is 5.76 Å². The van der Waals surface area contributed by atoms with E-state index in [1.54, 1.807) is 6.92 Å². The van der Waals surface area contributed by atoms with E-state index in [1.807, 2.05) is 43.3 Å². The smallest absolute Gasteiger partial charge is 0.0890 e. The number of benzene rings is 1. The van der Waals surface area contributed by atoms with Crippen LogP contribution in [0.5, 0.6) is 0 Å². The van der Waals surface area contributed by atoms with Crippen molar-refractivity contribution >= 4 is 0 Å². The fourth-order valence-corrected chi connectivity index (χ4v) is 1.45. The van der Waals surface area contributed by atoms with Gasteiger partial charge in [-0.3, -0.25) is 0 Å². The van der Waals surface area contributed by atoms with Crippen LogP contribution in [0, 0.1) is 0 Å². The van der Waals surface area contributed by atoms with Crippen LogP contribution >= 0.6 is 0 Å². The van der Waals surface area contributed by atoms with Crippen LogP contribution in [0.1, 0.15) is 25.3 Å². The predicted octanol–water partition coefficient (Wildman–Crippen LogP) is 3.81. The van der Waals surface area contributed by atoms with Crippen molar-refractivity contribution in [2.45, 2.75) is 19.8 Å². The minimum atomic E-state index is 0.112. The number of rotatable bonds is 3. The molecule has 1 nitrogen and oxygen atoms in total. The third-order valence-electron chi connectivity index (χ3n) is 2.43. The number of aliphatic hydroxyl groups is 1. The van der Waals surface area contributed by atoms with Gasteiger partial charge in [0.15, 0.2) is 0 Å². The third kappa shape index (κ3) is 2.25. The van der Waals surface area contributed by atoms with Gasteiger partial charge >= 0.3 is 0 Å². The van der Waals surface area contributed by atoms with Gasteiger partial charge in [-0.2, -0.15) is 0 Å². The Hall–Kier alpha value is -1.50. The molecule has 0 saturated heterocycles. The van der Waals surface area contributed by atoms with Crippen LogP contribution in [0.25, 0.3) is 0 Å². The Morgan fingerprint density at radius 3 is 2.29 bits per heavy atom. The maximum atomic E-state index is 9.42. The van der Waals surface area contributed by atoms with Gasteiger partial charge < -0.3 is 5.11 Å². The van der Waals surface area contributed by atoms with E-state index in [2.05, 4.69) is 6.58 Å². The van der Waals surface area contributed by atoms with E-state index in [0.717, 1.165) is 11.1 Å². The monoisotopic (exact) mass is 188 g/mol. The van der Waals surface area contributed by atoms with Gasteiger partial charge in [0.2, 0.25) is 0 Å². The topological polar surface area (TPSA) is 20.2 Å². The first kappa shape index (κ1) is 10.6. The fraction of sp³-hybridized carbons (Fsp3) is 0.231. The molecule has 1 aromatic carbocycles. The average Bonchev–Trinajstić information content (AvgIpc) is 2.20. The summed E-state index contributed by atoms with van der Waals surface area (Å²) in [6, 6.07) is 10.0. The van der Waals surface area contributed by atoms with Gasteiger partial charge in [0.25, 0.3) is 0 Å². The van der Waals surface area contributed by atoms with Crippen LogP contribution in [-0.2, 0) is 0 Å². The van der Waals surface area contributed by atoms with Gasteiger partial charge in [-0.25, -0.2) is 0 Å². The van der Waals surface area contributed by atoms with Gasteiger partial charge in [-0.15, -0.1) is 6.58 Å². The van der Waals surface area contributed by atoms with Crippen molar-refractivity contribution < 1.29 is 5.11 Å². The highest BCUT2D eigenvalue weighted by molar-refractivity contribution is 5.33. The summed E-state index contributed by atoms with van der Waals surface area (Å²) in [6.07, 6.45) is 1.85. The van der Waals surface area contributed by atoms with Crippen LogP contribution in [0.15, 0.2) is 54.3 Å². The molecule has 0 aliphatic carbocycles. The first-order valence-corrected chi connectivity index (χ1v) is 4.70. The van der Waals surface area contributed by atoms with Crippen molar-refractivity contribution in [3.8, 4) is 0 Å². The molecule has 0 fully saturated rings. The number of allylic oxidation sites excluding steroid dienone is 3. The molecular formula is C13H16O. The number of aliphatic hydroxyl groups excluding tert-OH is 1. The van der Waals surface area contributed by atoms with Crippen molar-refractivity contribution in [1.82, 2.24) is 0 Å². The highest BCUT2D eigenvalue weighted by atomic mass is 16.3. The first-order valence-electron chi connectivity index (χ1n) is 4.70. The van der Waals surface area contributed by atoms with E-state index in [-0.39, 0.29) is 5.92 Å². The maximum absolute atomic E-state index is 9.42. The second-order valence-corrected chi connectivity index (χ2v) is 3.39. The average molecular weight is 188 g/mol. The SMILES string of the molecule is C=CC(/C(C)=C(/C)O)c1ccccc1. The molecule has 1 heteroatoms. The van der Waals surface area contributed by atoms with Crippen LogP contribution in [0.2, 0.25) is 0 Å². The normalized spacial score (nSPS) is 14.4. The van der Waals surface area contributed by atoms with E-state index in [9.17, 15) is 5.11 Å². The Bertz CT molecular complexity index is 332. The second-order valence-electron chi connectivity index (χ2n) is 3.39. The summed E-state index contributed by atoms with van der Waals surface area (Å²) in [7, 11) is 0. The van der Waals surface area contributed by atoms with E-state index in [0.29, 0.717) is 5.76 Å². The molecule has 1 rings (SSSR count). The Balaban J connectivity index is 3.06. The molecule has 0 aliphatic rings. The zero-order valence-electron chi connectivity index (χ0n) is 8.70. The zero-order valence-corrected chi connectivity index (χ0v) is 8.70. The first-order chi connectivity index (χ1) is 6.66. The zero-order chi connectivity index (χ0) is 10.6. The molecule has 74 valence electrons. The summed E-state index contributed by atoms with van der Waals surface area (Å²) in [5.41, 5.74) is 2.11. The lowest BCUT2D eigenvalue weighted by atomic mass is 9.91. The summed E-state index contributed by atoms with van der Waals surface area (Å²) in [6.45, 7) is 7.42. The summed E-state index contributed by atoms with van der Waals surface area (Å²) < 4.78 is 0. The Kier molecular flexibility index (Phi) is 3.52. The molecule has 14 heavy (non-hydrogen) atoms. The van der Waals surface area contributed by atoms with Crippen molar-refractivity contribution in [1.29, 1.82) is 0 Å². The molecule has 0 aliphatic heterocycles. The quantitative estimate of drug-likeness (QED) is 0.565.